The first-order valence-electron chi connectivity index (χ1n) is 4.12. The van der Waals surface area contributed by atoms with E-state index in [2.05, 4.69) is 10.3 Å². The number of nitrogens with one attached hydrogen (secondary N) is 1. The first kappa shape index (κ1) is 9.92. The van der Waals surface area contributed by atoms with Gasteiger partial charge in [-0.15, -0.1) is 0 Å². The molecule has 0 aliphatic carbocycles. The van der Waals surface area contributed by atoms with Crippen LogP contribution < -0.4 is 5.32 Å². The SMILES string of the molecule is CCOC(=S)NCc1cccnc1. The fourth-order valence-electron chi connectivity index (χ4n) is 0.859. The summed E-state index contributed by atoms with van der Waals surface area (Å²) in [5, 5.41) is 3.41. The van der Waals surface area contributed by atoms with Gasteiger partial charge in [-0.2, -0.15) is 0 Å². The van der Waals surface area contributed by atoms with Crippen LogP contribution in [0.1, 0.15) is 12.5 Å². The van der Waals surface area contributed by atoms with E-state index in [0.717, 1.165) is 5.56 Å². The third-order valence-electron chi connectivity index (χ3n) is 1.44. The summed E-state index contributed by atoms with van der Waals surface area (Å²) in [5.41, 5.74) is 1.09. The van der Waals surface area contributed by atoms with E-state index in [0.29, 0.717) is 18.3 Å². The fourth-order valence-corrected chi connectivity index (χ4v) is 1.05. The van der Waals surface area contributed by atoms with Crippen molar-refractivity contribution < 1.29 is 4.74 Å². The molecular formula is C9H12N2OS. The molecule has 4 heteroatoms. The number of hydrogen-bond donors (Lipinski definition) is 1. The van der Waals surface area contributed by atoms with Crippen LogP contribution in [0.5, 0.6) is 0 Å². The number of thiocarbonyl (C=S) groups is 1. The smallest absolute Gasteiger partial charge is 0.256 e. The number of aromatic nitrogens is 1. The van der Waals surface area contributed by atoms with Gasteiger partial charge >= 0.3 is 0 Å². The van der Waals surface area contributed by atoms with Crippen molar-refractivity contribution in [2.45, 2.75) is 13.5 Å². The summed E-state index contributed by atoms with van der Waals surface area (Å²) < 4.78 is 5.06. The molecule has 0 fully saturated rings. The Morgan fingerprint density at radius 3 is 3.15 bits per heavy atom. The van der Waals surface area contributed by atoms with Gasteiger partial charge in [-0.3, -0.25) is 4.98 Å². The fraction of sp³-hybridized carbons (Fsp3) is 0.333. The van der Waals surface area contributed by atoms with E-state index in [4.69, 9.17) is 17.0 Å². The molecule has 0 radical (unpaired) electrons. The average Bonchev–Trinajstić information content (AvgIpc) is 2.17. The molecule has 0 spiro atoms. The van der Waals surface area contributed by atoms with Crippen molar-refractivity contribution in [3.63, 3.8) is 0 Å². The Balaban J connectivity index is 2.31. The van der Waals surface area contributed by atoms with Gasteiger partial charge in [0.1, 0.15) is 0 Å². The van der Waals surface area contributed by atoms with Crippen LogP contribution in [-0.4, -0.2) is 16.8 Å². The lowest BCUT2D eigenvalue weighted by molar-refractivity contribution is 0.320. The van der Waals surface area contributed by atoms with Crippen molar-refractivity contribution in [1.29, 1.82) is 0 Å². The van der Waals surface area contributed by atoms with Gasteiger partial charge in [-0.25, -0.2) is 0 Å². The molecule has 0 atom stereocenters. The van der Waals surface area contributed by atoms with E-state index >= 15 is 0 Å². The van der Waals surface area contributed by atoms with Crippen LogP contribution in [0.25, 0.3) is 0 Å². The monoisotopic (exact) mass is 196 g/mol. The van der Waals surface area contributed by atoms with Crippen LogP contribution in [0.4, 0.5) is 0 Å². The second kappa shape index (κ2) is 5.48. The van der Waals surface area contributed by atoms with Gasteiger partial charge < -0.3 is 10.1 Å². The summed E-state index contributed by atoms with van der Waals surface area (Å²) in [6.45, 7) is 3.16. The zero-order chi connectivity index (χ0) is 9.52. The van der Waals surface area contributed by atoms with Crippen LogP contribution >= 0.6 is 12.2 Å². The molecular weight excluding hydrogens is 184 g/mol. The van der Waals surface area contributed by atoms with E-state index in [1.165, 1.54) is 0 Å². The number of nitrogens with zero attached hydrogens (tertiary/aromatic N) is 1. The van der Waals surface area contributed by atoms with Crippen LogP contribution in [0, 0.1) is 0 Å². The van der Waals surface area contributed by atoms with Crippen LogP contribution in [-0.2, 0) is 11.3 Å². The molecule has 0 bridgehead atoms. The standard InChI is InChI=1S/C9H12N2OS/c1-2-12-9(13)11-7-8-4-3-5-10-6-8/h3-6H,2,7H2,1H3,(H,11,13). The largest absolute Gasteiger partial charge is 0.471 e. The minimum atomic E-state index is 0.436. The highest BCUT2D eigenvalue weighted by atomic mass is 32.1. The molecule has 0 aliphatic rings. The van der Waals surface area contributed by atoms with Crippen LogP contribution in [0.3, 0.4) is 0 Å². The maximum absolute atomic E-state index is 5.06. The first-order valence-corrected chi connectivity index (χ1v) is 4.53. The van der Waals surface area contributed by atoms with Crippen LogP contribution in [0.2, 0.25) is 0 Å². The third-order valence-corrected chi connectivity index (χ3v) is 1.70. The molecule has 1 aromatic rings. The molecule has 0 saturated heterocycles. The minimum Gasteiger partial charge on any atom is -0.471 e. The summed E-state index contributed by atoms with van der Waals surface area (Å²) in [7, 11) is 0. The van der Waals surface area contributed by atoms with Crippen molar-refractivity contribution in [2.24, 2.45) is 0 Å². The Morgan fingerprint density at radius 1 is 1.69 bits per heavy atom. The summed E-state index contributed by atoms with van der Waals surface area (Å²) in [4.78, 5) is 3.98. The van der Waals surface area contributed by atoms with Crippen molar-refractivity contribution in [3.8, 4) is 0 Å². The van der Waals surface area contributed by atoms with Gasteiger partial charge in [-0.05, 0) is 30.8 Å². The number of pyridine rings is 1. The lowest BCUT2D eigenvalue weighted by Gasteiger charge is -2.06. The molecule has 0 amide bonds. The Hall–Kier alpha value is -1.16. The molecule has 3 nitrogen and oxygen atoms in total. The predicted molar refractivity (Wildman–Crippen MR) is 55.3 cm³/mol. The van der Waals surface area contributed by atoms with Crippen molar-refractivity contribution >= 4 is 17.4 Å². The second-order valence-electron chi connectivity index (χ2n) is 2.44. The molecule has 1 heterocycles. The highest BCUT2D eigenvalue weighted by Crippen LogP contribution is 1.94. The summed E-state index contributed by atoms with van der Waals surface area (Å²) in [6, 6.07) is 3.87. The maximum Gasteiger partial charge on any atom is 0.256 e. The second-order valence-corrected chi connectivity index (χ2v) is 2.81. The molecule has 0 aliphatic heterocycles. The van der Waals surface area contributed by atoms with E-state index in [9.17, 15) is 0 Å². The third kappa shape index (κ3) is 3.85. The first-order chi connectivity index (χ1) is 6.33. The molecule has 70 valence electrons. The van der Waals surface area contributed by atoms with Crippen molar-refractivity contribution in [3.05, 3.63) is 30.1 Å². The summed E-state index contributed by atoms with van der Waals surface area (Å²) >= 11 is 4.90. The summed E-state index contributed by atoms with van der Waals surface area (Å²) in [6.07, 6.45) is 3.53. The normalized spacial score (nSPS) is 9.31. The topological polar surface area (TPSA) is 34.1 Å². The molecule has 1 aromatic heterocycles. The highest BCUT2D eigenvalue weighted by Gasteiger charge is 1.95. The van der Waals surface area contributed by atoms with Gasteiger partial charge in [0, 0.05) is 18.9 Å². The molecule has 0 aromatic carbocycles. The van der Waals surface area contributed by atoms with Gasteiger partial charge in [0.05, 0.1) is 6.61 Å². The Kier molecular flexibility index (Phi) is 4.18. The molecule has 0 unspecified atom stereocenters. The Bertz CT molecular complexity index is 264. The molecule has 1 rings (SSSR count). The maximum atomic E-state index is 5.06. The van der Waals surface area contributed by atoms with Gasteiger partial charge in [0.25, 0.3) is 5.17 Å². The van der Waals surface area contributed by atoms with Gasteiger partial charge in [0.15, 0.2) is 0 Å². The van der Waals surface area contributed by atoms with Gasteiger partial charge in [-0.1, -0.05) is 6.07 Å². The minimum absolute atomic E-state index is 0.436. The average molecular weight is 196 g/mol. The molecule has 1 N–H and O–H groups in total. The zero-order valence-corrected chi connectivity index (χ0v) is 8.30. The molecule has 13 heavy (non-hydrogen) atoms. The van der Waals surface area contributed by atoms with Crippen molar-refractivity contribution in [1.82, 2.24) is 10.3 Å². The Morgan fingerprint density at radius 2 is 2.54 bits per heavy atom. The number of ether oxygens (including phenoxy) is 1. The lowest BCUT2D eigenvalue weighted by atomic mass is 10.3. The highest BCUT2D eigenvalue weighted by molar-refractivity contribution is 7.80. The quantitative estimate of drug-likeness (QED) is 0.743. The van der Waals surface area contributed by atoms with Gasteiger partial charge in [0.2, 0.25) is 0 Å². The predicted octanol–water partition coefficient (Wildman–Crippen LogP) is 1.49. The Labute approximate surface area is 83.1 Å². The van der Waals surface area contributed by atoms with Crippen LogP contribution in [0.15, 0.2) is 24.5 Å². The van der Waals surface area contributed by atoms with Crippen molar-refractivity contribution in [2.75, 3.05) is 6.61 Å². The summed E-state index contributed by atoms with van der Waals surface area (Å²) in [5.74, 6) is 0. The van der Waals surface area contributed by atoms with E-state index in [1.807, 2.05) is 19.1 Å². The molecule has 0 saturated carbocycles. The van der Waals surface area contributed by atoms with E-state index in [-0.39, 0.29) is 0 Å². The van der Waals surface area contributed by atoms with E-state index < -0.39 is 0 Å². The number of hydrogen-bond acceptors (Lipinski definition) is 3. The lowest BCUT2D eigenvalue weighted by Crippen LogP contribution is -2.23. The number of rotatable bonds is 3. The van der Waals surface area contributed by atoms with E-state index in [1.54, 1.807) is 12.4 Å². The zero-order valence-electron chi connectivity index (χ0n) is 7.49.